The molecule has 0 aliphatic carbocycles. The smallest absolute Gasteiger partial charge is 0.263 e. The van der Waals surface area contributed by atoms with E-state index in [-0.39, 0.29) is 5.91 Å². The van der Waals surface area contributed by atoms with Gasteiger partial charge < -0.3 is 4.52 Å². The van der Waals surface area contributed by atoms with Crippen molar-refractivity contribution in [1.82, 2.24) is 15.4 Å². The highest BCUT2D eigenvalue weighted by Gasteiger charge is 2.23. The van der Waals surface area contributed by atoms with Gasteiger partial charge in [-0.1, -0.05) is 84.1 Å². The van der Waals surface area contributed by atoms with Gasteiger partial charge in [-0.05, 0) is 18.4 Å². The number of amides is 1. The van der Waals surface area contributed by atoms with Gasteiger partial charge in [-0.25, -0.2) is 0 Å². The van der Waals surface area contributed by atoms with E-state index in [0.29, 0.717) is 28.1 Å². The molecule has 0 aliphatic rings. The van der Waals surface area contributed by atoms with Crippen LogP contribution in [0.5, 0.6) is 0 Å². The molecule has 2 aromatic heterocycles. The first-order valence-electron chi connectivity index (χ1n) is 9.32. The fraction of sp³-hybridized carbons (Fsp3) is 0.182. The number of benzene rings is 2. The molecule has 0 fully saturated rings. The monoisotopic (exact) mass is 404 g/mol. The Hall–Kier alpha value is -3.32. The third-order valence-electron chi connectivity index (χ3n) is 4.67. The van der Waals surface area contributed by atoms with Crippen molar-refractivity contribution in [3.8, 4) is 11.3 Å². The molecule has 0 aliphatic heterocycles. The first kappa shape index (κ1) is 19.0. The number of hydrogen-bond acceptors (Lipinski definition) is 6. The number of rotatable bonds is 6. The van der Waals surface area contributed by atoms with Crippen LogP contribution in [0.4, 0.5) is 5.13 Å². The van der Waals surface area contributed by atoms with Gasteiger partial charge in [0, 0.05) is 12.0 Å². The molecule has 2 aromatic carbocycles. The number of carbonyl (C=O) groups is 1. The van der Waals surface area contributed by atoms with Crippen molar-refractivity contribution < 1.29 is 9.32 Å². The first-order chi connectivity index (χ1) is 14.1. The molecule has 0 bridgehead atoms. The van der Waals surface area contributed by atoms with E-state index >= 15 is 0 Å². The third kappa shape index (κ3) is 4.25. The number of hydrogen-bond donors (Lipinski definition) is 1. The second kappa shape index (κ2) is 8.36. The minimum absolute atomic E-state index is 0.304. The Morgan fingerprint density at radius 1 is 1.07 bits per heavy atom. The summed E-state index contributed by atoms with van der Waals surface area (Å²) in [7, 11) is 0. The van der Waals surface area contributed by atoms with Crippen LogP contribution in [-0.4, -0.2) is 21.3 Å². The molecule has 0 spiro atoms. The third-order valence-corrected chi connectivity index (χ3v) is 5.53. The molecular formula is C22H20N4O2S. The predicted molar refractivity (Wildman–Crippen MR) is 113 cm³/mol. The van der Waals surface area contributed by atoms with E-state index in [1.54, 1.807) is 6.92 Å². The maximum absolute atomic E-state index is 12.9. The van der Waals surface area contributed by atoms with Crippen molar-refractivity contribution in [2.75, 3.05) is 5.32 Å². The summed E-state index contributed by atoms with van der Waals surface area (Å²) >= 11 is 1.38. The van der Waals surface area contributed by atoms with Crippen LogP contribution in [0.3, 0.4) is 0 Å². The lowest BCUT2D eigenvalue weighted by atomic mass is 9.98. The molecule has 1 N–H and O–H groups in total. The summed E-state index contributed by atoms with van der Waals surface area (Å²) in [5.74, 6) is 0.475. The standard InChI is InChI=1S/C22H20N4O2S/c1-14(16-9-5-3-6-10-16)13-18-24-25-22(29-18)23-21(27)19-15(2)28-26-20(19)17-11-7-4-8-12-17/h3-12,14H,13H2,1-2H3,(H,23,25,27). The Kier molecular flexibility index (Phi) is 5.48. The molecule has 6 nitrogen and oxygen atoms in total. The Bertz CT molecular complexity index is 1110. The molecule has 7 heteroatoms. The maximum atomic E-state index is 12.9. The van der Waals surface area contributed by atoms with E-state index in [2.05, 4.69) is 39.7 Å². The lowest BCUT2D eigenvalue weighted by Crippen LogP contribution is -2.13. The van der Waals surface area contributed by atoms with E-state index in [4.69, 9.17) is 4.52 Å². The van der Waals surface area contributed by atoms with Gasteiger partial charge in [-0.15, -0.1) is 10.2 Å². The van der Waals surface area contributed by atoms with Crippen molar-refractivity contribution in [3.63, 3.8) is 0 Å². The number of anilines is 1. The van der Waals surface area contributed by atoms with Gasteiger partial charge in [0.1, 0.15) is 22.0 Å². The molecule has 4 aromatic rings. The summed E-state index contributed by atoms with van der Waals surface area (Å²) < 4.78 is 5.27. The molecule has 146 valence electrons. The molecule has 0 radical (unpaired) electrons. The van der Waals surface area contributed by atoms with Crippen LogP contribution in [0.25, 0.3) is 11.3 Å². The number of aryl methyl sites for hydroxylation is 1. The zero-order chi connectivity index (χ0) is 20.2. The fourth-order valence-corrected chi connectivity index (χ4v) is 4.00. The minimum atomic E-state index is -0.304. The second-order valence-corrected chi connectivity index (χ2v) is 7.86. The Morgan fingerprint density at radius 3 is 2.48 bits per heavy atom. The first-order valence-corrected chi connectivity index (χ1v) is 10.1. The highest BCUT2D eigenvalue weighted by Crippen LogP contribution is 2.28. The van der Waals surface area contributed by atoms with E-state index in [1.165, 1.54) is 16.9 Å². The maximum Gasteiger partial charge on any atom is 0.263 e. The second-order valence-electron chi connectivity index (χ2n) is 6.80. The van der Waals surface area contributed by atoms with Gasteiger partial charge in [0.25, 0.3) is 5.91 Å². The minimum Gasteiger partial charge on any atom is -0.360 e. The topological polar surface area (TPSA) is 80.9 Å². The Labute approximate surface area is 172 Å². The van der Waals surface area contributed by atoms with Crippen molar-refractivity contribution in [3.05, 3.63) is 82.6 Å². The predicted octanol–water partition coefficient (Wildman–Crippen LogP) is 5.10. The lowest BCUT2D eigenvalue weighted by molar-refractivity contribution is 0.102. The van der Waals surface area contributed by atoms with Crippen LogP contribution in [0, 0.1) is 6.92 Å². The zero-order valence-corrected chi connectivity index (χ0v) is 16.9. The molecule has 0 saturated carbocycles. The molecule has 4 rings (SSSR count). The van der Waals surface area contributed by atoms with Gasteiger partial charge in [0.15, 0.2) is 0 Å². The molecular weight excluding hydrogens is 384 g/mol. The van der Waals surface area contributed by atoms with Crippen LogP contribution in [0.2, 0.25) is 0 Å². The zero-order valence-electron chi connectivity index (χ0n) is 16.1. The number of aromatic nitrogens is 3. The highest BCUT2D eigenvalue weighted by molar-refractivity contribution is 7.15. The Balaban J connectivity index is 1.49. The SMILES string of the molecule is Cc1onc(-c2ccccc2)c1C(=O)Nc1nnc(CC(C)c2ccccc2)s1. The normalized spacial score (nSPS) is 11.9. The van der Waals surface area contributed by atoms with Gasteiger partial charge in [-0.3, -0.25) is 10.1 Å². The largest absolute Gasteiger partial charge is 0.360 e. The van der Waals surface area contributed by atoms with Crippen molar-refractivity contribution in [2.45, 2.75) is 26.2 Å². The number of carbonyl (C=O) groups excluding carboxylic acids is 1. The van der Waals surface area contributed by atoms with Crippen molar-refractivity contribution in [2.24, 2.45) is 0 Å². The molecule has 0 saturated heterocycles. The van der Waals surface area contributed by atoms with Crippen LogP contribution in [0.1, 0.15) is 39.5 Å². The van der Waals surface area contributed by atoms with E-state index in [0.717, 1.165) is 17.0 Å². The van der Waals surface area contributed by atoms with Gasteiger partial charge in [0.05, 0.1) is 0 Å². The molecule has 1 amide bonds. The molecule has 2 heterocycles. The lowest BCUT2D eigenvalue weighted by Gasteiger charge is -2.08. The summed E-state index contributed by atoms with van der Waals surface area (Å²) in [6.07, 6.45) is 0.763. The fourth-order valence-electron chi connectivity index (χ4n) is 3.14. The quantitative estimate of drug-likeness (QED) is 0.483. The molecule has 1 unspecified atom stereocenters. The van der Waals surface area contributed by atoms with Gasteiger partial charge in [0.2, 0.25) is 5.13 Å². The van der Waals surface area contributed by atoms with Crippen LogP contribution in [-0.2, 0) is 6.42 Å². The Morgan fingerprint density at radius 2 is 1.76 bits per heavy atom. The van der Waals surface area contributed by atoms with E-state index in [1.807, 2.05) is 48.5 Å². The highest BCUT2D eigenvalue weighted by atomic mass is 32.1. The number of nitrogens with zero attached hydrogens (tertiary/aromatic N) is 3. The molecule has 29 heavy (non-hydrogen) atoms. The van der Waals surface area contributed by atoms with Crippen molar-refractivity contribution in [1.29, 1.82) is 0 Å². The van der Waals surface area contributed by atoms with Gasteiger partial charge >= 0.3 is 0 Å². The summed E-state index contributed by atoms with van der Waals surface area (Å²) in [4.78, 5) is 12.9. The average molecular weight is 404 g/mol. The average Bonchev–Trinajstić information content (AvgIpc) is 3.35. The summed E-state index contributed by atoms with van der Waals surface area (Å²) in [5.41, 5.74) is 3.00. The molecule has 1 atom stereocenters. The number of nitrogens with one attached hydrogen (secondary N) is 1. The van der Waals surface area contributed by atoms with Crippen molar-refractivity contribution >= 4 is 22.4 Å². The van der Waals surface area contributed by atoms with E-state index in [9.17, 15) is 4.79 Å². The van der Waals surface area contributed by atoms with Crippen LogP contribution in [0.15, 0.2) is 65.2 Å². The summed E-state index contributed by atoms with van der Waals surface area (Å²) in [6, 6.07) is 19.8. The van der Waals surface area contributed by atoms with E-state index < -0.39 is 0 Å². The summed E-state index contributed by atoms with van der Waals surface area (Å²) in [6.45, 7) is 3.88. The van der Waals surface area contributed by atoms with Crippen LogP contribution < -0.4 is 5.32 Å². The summed E-state index contributed by atoms with van der Waals surface area (Å²) in [5, 5.41) is 16.6. The van der Waals surface area contributed by atoms with Gasteiger partial charge in [-0.2, -0.15) is 0 Å². The van der Waals surface area contributed by atoms with Crippen LogP contribution >= 0.6 is 11.3 Å².